The summed E-state index contributed by atoms with van der Waals surface area (Å²) in [7, 11) is 2.28. The summed E-state index contributed by atoms with van der Waals surface area (Å²) in [6.07, 6.45) is 7.00. The van der Waals surface area contributed by atoms with Crippen LogP contribution in [-0.2, 0) is 5.41 Å². The molecule has 2 aliphatic rings. The van der Waals surface area contributed by atoms with Gasteiger partial charge in [0.15, 0.2) is 0 Å². The maximum atomic E-state index is 2.55. The molecule has 0 fully saturated rings. The summed E-state index contributed by atoms with van der Waals surface area (Å²) in [6, 6.07) is 6.87. The second-order valence-electron chi connectivity index (χ2n) is 9.39. The van der Waals surface area contributed by atoms with Gasteiger partial charge in [0, 0.05) is 18.7 Å². The Bertz CT molecular complexity index is 694. The standard InChI is InChI=1S/C22H31N/c1-20(2,3)17-13-9-11-15-16-12-10-14-18(21(4,5)6)22(16,7)23(8)19(15)17/h9-14,16H,1-8H3. The molecule has 1 aliphatic heterocycles. The molecule has 1 aromatic rings. The molecular weight excluding hydrogens is 278 g/mol. The monoisotopic (exact) mass is 309 g/mol. The number of allylic oxidation sites excluding steroid dienone is 2. The molecule has 0 N–H and O–H groups in total. The molecule has 0 aromatic heterocycles. The Labute approximate surface area is 142 Å². The molecule has 1 heterocycles. The summed E-state index contributed by atoms with van der Waals surface area (Å²) < 4.78 is 0. The number of rotatable bonds is 0. The van der Waals surface area contributed by atoms with Gasteiger partial charge in [-0.25, -0.2) is 0 Å². The van der Waals surface area contributed by atoms with Gasteiger partial charge >= 0.3 is 0 Å². The first-order chi connectivity index (χ1) is 10.5. The Morgan fingerprint density at radius 2 is 1.65 bits per heavy atom. The fraction of sp³-hybridized carbons (Fsp3) is 0.545. The molecule has 0 saturated carbocycles. The summed E-state index contributed by atoms with van der Waals surface area (Å²) in [5, 5.41) is 0. The van der Waals surface area contributed by atoms with E-state index in [1.165, 1.54) is 22.4 Å². The van der Waals surface area contributed by atoms with E-state index in [1.54, 1.807) is 0 Å². The zero-order valence-electron chi connectivity index (χ0n) is 16.0. The van der Waals surface area contributed by atoms with E-state index in [-0.39, 0.29) is 16.4 Å². The van der Waals surface area contributed by atoms with Crippen LogP contribution in [-0.4, -0.2) is 12.6 Å². The third kappa shape index (κ3) is 2.20. The zero-order valence-corrected chi connectivity index (χ0v) is 16.0. The van der Waals surface area contributed by atoms with E-state index in [0.29, 0.717) is 5.92 Å². The second kappa shape index (κ2) is 4.75. The van der Waals surface area contributed by atoms with Crippen LogP contribution in [0.4, 0.5) is 5.69 Å². The molecule has 0 bridgehead atoms. The van der Waals surface area contributed by atoms with Crippen molar-refractivity contribution in [3.8, 4) is 0 Å². The van der Waals surface area contributed by atoms with Crippen molar-refractivity contribution in [2.45, 2.75) is 65.3 Å². The number of likely N-dealkylation sites (N-methyl/N-ethyl adjacent to an activating group) is 1. The van der Waals surface area contributed by atoms with Gasteiger partial charge in [0.1, 0.15) is 0 Å². The van der Waals surface area contributed by atoms with E-state index in [4.69, 9.17) is 0 Å². The average molecular weight is 309 g/mol. The normalized spacial score (nSPS) is 26.9. The number of anilines is 1. The molecular formula is C22H31N. The number of benzene rings is 1. The summed E-state index contributed by atoms with van der Waals surface area (Å²) in [6.45, 7) is 16.4. The molecule has 1 aromatic carbocycles. The van der Waals surface area contributed by atoms with Crippen LogP contribution in [0, 0.1) is 5.41 Å². The van der Waals surface area contributed by atoms with Gasteiger partial charge in [-0.15, -0.1) is 0 Å². The fourth-order valence-corrected chi connectivity index (χ4v) is 4.62. The minimum Gasteiger partial charge on any atom is -0.364 e. The highest BCUT2D eigenvalue weighted by molar-refractivity contribution is 5.74. The van der Waals surface area contributed by atoms with Crippen molar-refractivity contribution in [2.75, 3.05) is 11.9 Å². The average Bonchev–Trinajstić information content (AvgIpc) is 2.65. The van der Waals surface area contributed by atoms with Crippen molar-refractivity contribution in [1.29, 1.82) is 0 Å². The SMILES string of the molecule is CN1c2c(cccc2C(C)(C)C)C2C=CC=C(C(C)(C)C)C21C. The maximum absolute atomic E-state index is 2.55. The second-order valence-corrected chi connectivity index (χ2v) is 9.39. The first-order valence-corrected chi connectivity index (χ1v) is 8.75. The van der Waals surface area contributed by atoms with Gasteiger partial charge in [-0.2, -0.15) is 0 Å². The predicted octanol–water partition coefficient (Wildman–Crippen LogP) is 5.82. The summed E-state index contributed by atoms with van der Waals surface area (Å²) in [4.78, 5) is 2.55. The van der Waals surface area contributed by atoms with E-state index in [0.717, 1.165) is 0 Å². The van der Waals surface area contributed by atoms with Crippen LogP contribution in [0.5, 0.6) is 0 Å². The molecule has 0 radical (unpaired) electrons. The Balaban J connectivity index is 2.26. The molecule has 23 heavy (non-hydrogen) atoms. The summed E-state index contributed by atoms with van der Waals surface area (Å²) in [5.41, 5.74) is 6.24. The van der Waals surface area contributed by atoms with Crippen LogP contribution in [0.15, 0.2) is 42.0 Å². The minimum absolute atomic E-state index is 0.0245. The van der Waals surface area contributed by atoms with Crippen molar-refractivity contribution in [2.24, 2.45) is 5.41 Å². The molecule has 1 heteroatoms. The van der Waals surface area contributed by atoms with Crippen LogP contribution >= 0.6 is 0 Å². The van der Waals surface area contributed by atoms with Gasteiger partial charge in [0.2, 0.25) is 0 Å². The molecule has 124 valence electrons. The van der Waals surface area contributed by atoms with Crippen molar-refractivity contribution >= 4 is 5.69 Å². The molecule has 0 saturated heterocycles. The molecule has 1 aliphatic carbocycles. The quantitative estimate of drug-likeness (QED) is 0.584. The summed E-state index contributed by atoms with van der Waals surface area (Å²) in [5.74, 6) is 0.434. The van der Waals surface area contributed by atoms with Crippen LogP contribution in [0.3, 0.4) is 0 Å². The lowest BCUT2D eigenvalue weighted by Crippen LogP contribution is -2.49. The third-order valence-electron chi connectivity index (χ3n) is 5.77. The Morgan fingerprint density at radius 1 is 1.00 bits per heavy atom. The van der Waals surface area contributed by atoms with E-state index >= 15 is 0 Å². The Kier molecular flexibility index (Phi) is 3.38. The van der Waals surface area contributed by atoms with Crippen molar-refractivity contribution in [3.63, 3.8) is 0 Å². The van der Waals surface area contributed by atoms with Crippen LogP contribution in [0.2, 0.25) is 0 Å². The zero-order chi connectivity index (χ0) is 17.2. The van der Waals surface area contributed by atoms with Crippen LogP contribution in [0.25, 0.3) is 0 Å². The molecule has 0 spiro atoms. The largest absolute Gasteiger partial charge is 0.364 e. The Hall–Kier alpha value is -1.50. The minimum atomic E-state index is 0.0245. The topological polar surface area (TPSA) is 3.24 Å². The Morgan fingerprint density at radius 3 is 2.22 bits per heavy atom. The highest BCUT2D eigenvalue weighted by atomic mass is 15.2. The highest BCUT2D eigenvalue weighted by Gasteiger charge is 2.52. The van der Waals surface area contributed by atoms with Gasteiger partial charge in [-0.05, 0) is 34.5 Å². The van der Waals surface area contributed by atoms with Gasteiger partial charge < -0.3 is 4.90 Å². The van der Waals surface area contributed by atoms with E-state index in [9.17, 15) is 0 Å². The lowest BCUT2D eigenvalue weighted by atomic mass is 9.66. The van der Waals surface area contributed by atoms with Crippen molar-refractivity contribution in [3.05, 3.63) is 53.1 Å². The van der Waals surface area contributed by atoms with Gasteiger partial charge in [-0.1, -0.05) is 78.0 Å². The van der Waals surface area contributed by atoms with Crippen molar-refractivity contribution < 1.29 is 0 Å². The molecule has 1 nitrogen and oxygen atoms in total. The molecule has 2 unspecified atom stereocenters. The van der Waals surface area contributed by atoms with E-state index in [1.807, 2.05) is 0 Å². The van der Waals surface area contributed by atoms with Gasteiger partial charge in [0.05, 0.1) is 5.54 Å². The molecule has 3 rings (SSSR count). The number of hydrogen-bond acceptors (Lipinski definition) is 1. The third-order valence-corrected chi connectivity index (χ3v) is 5.77. The lowest BCUT2D eigenvalue weighted by molar-refractivity contribution is 0.371. The van der Waals surface area contributed by atoms with E-state index < -0.39 is 0 Å². The molecule has 0 amide bonds. The number of fused-ring (bicyclic) bond motifs is 3. The van der Waals surface area contributed by atoms with Crippen molar-refractivity contribution in [1.82, 2.24) is 0 Å². The predicted molar refractivity (Wildman–Crippen MR) is 101 cm³/mol. The first kappa shape index (κ1) is 16.4. The lowest BCUT2D eigenvalue weighted by Gasteiger charge is -2.47. The highest BCUT2D eigenvalue weighted by Crippen LogP contribution is 2.57. The number of nitrogens with zero attached hydrogens (tertiary/aromatic N) is 1. The number of hydrogen-bond donors (Lipinski definition) is 0. The molecule has 2 atom stereocenters. The smallest absolute Gasteiger partial charge is 0.0694 e. The van der Waals surface area contributed by atoms with Gasteiger partial charge in [-0.3, -0.25) is 0 Å². The van der Waals surface area contributed by atoms with E-state index in [2.05, 4.69) is 96.8 Å². The van der Waals surface area contributed by atoms with Gasteiger partial charge in [0.25, 0.3) is 0 Å². The fourth-order valence-electron chi connectivity index (χ4n) is 4.62. The first-order valence-electron chi connectivity index (χ1n) is 8.75. The summed E-state index contributed by atoms with van der Waals surface area (Å²) >= 11 is 0. The maximum Gasteiger partial charge on any atom is 0.0694 e. The number of para-hydroxylation sites is 1. The van der Waals surface area contributed by atoms with Crippen LogP contribution < -0.4 is 4.90 Å². The van der Waals surface area contributed by atoms with Crippen LogP contribution in [0.1, 0.15) is 65.5 Å².